The van der Waals surface area contributed by atoms with Crippen molar-refractivity contribution in [2.45, 2.75) is 133 Å². The molecule has 7 N–H and O–H groups in total. The van der Waals surface area contributed by atoms with Gasteiger partial charge in [-0.25, -0.2) is 0 Å². The van der Waals surface area contributed by atoms with Crippen molar-refractivity contribution in [2.75, 3.05) is 21.2 Å². The zero-order valence-electron chi connectivity index (χ0n) is 34.3. The van der Waals surface area contributed by atoms with Gasteiger partial charge in [0, 0.05) is 48.1 Å². The summed E-state index contributed by atoms with van der Waals surface area (Å²) in [6.45, 7) is 6.64. The third kappa shape index (κ3) is 7.36. The number of carbonyl (C=O) groups excluding carboxylic acids is 4. The summed E-state index contributed by atoms with van der Waals surface area (Å²) in [5.74, 6) is -6.79. The van der Waals surface area contributed by atoms with Gasteiger partial charge in [0.15, 0.2) is 30.4 Å². The summed E-state index contributed by atoms with van der Waals surface area (Å²) in [5.41, 5.74) is 1.81. The lowest BCUT2D eigenvalue weighted by Crippen LogP contribution is -2.58. The highest BCUT2D eigenvalue weighted by Crippen LogP contribution is 2.57. The van der Waals surface area contributed by atoms with E-state index < -0.39 is 125 Å². The number of aliphatic hydroxyl groups is 2. The molecule has 0 spiro atoms. The van der Waals surface area contributed by atoms with Gasteiger partial charge >= 0.3 is 5.97 Å². The monoisotopic (exact) mass is 840 g/mol. The fourth-order valence-electron chi connectivity index (χ4n) is 9.19. The summed E-state index contributed by atoms with van der Waals surface area (Å²) in [5, 5.41) is 57.9. The second kappa shape index (κ2) is 16.4. The Bertz CT molecular complexity index is 2090. The van der Waals surface area contributed by atoms with Crippen molar-refractivity contribution in [1.29, 1.82) is 0 Å². The number of ether oxygens (including phenoxy) is 7. The van der Waals surface area contributed by atoms with Crippen LogP contribution in [0, 0.1) is 0 Å². The van der Waals surface area contributed by atoms with Crippen molar-refractivity contribution < 1.29 is 77.9 Å². The molecular weight excluding hydrogens is 788 g/mol. The number of nitrogens with two attached hydrogens (primary N) is 1. The highest BCUT2D eigenvalue weighted by molar-refractivity contribution is 6.31. The van der Waals surface area contributed by atoms with E-state index in [0.29, 0.717) is 0 Å². The Hall–Kier alpha value is -4.50. The van der Waals surface area contributed by atoms with E-state index in [4.69, 9.17) is 38.9 Å². The molecule has 0 saturated carbocycles. The first-order chi connectivity index (χ1) is 28.3. The van der Waals surface area contributed by atoms with Crippen LogP contribution in [-0.4, -0.2) is 142 Å². The molecule has 2 saturated heterocycles. The summed E-state index contributed by atoms with van der Waals surface area (Å²) in [4.78, 5) is 55.2. The maximum Gasteiger partial charge on any atom is 0.316 e. The van der Waals surface area contributed by atoms with Crippen LogP contribution in [-0.2, 0) is 42.7 Å². The number of phenols is 3. The average molecular weight is 841 g/mol. The summed E-state index contributed by atoms with van der Waals surface area (Å²) in [7, 11) is 4.75. The zero-order chi connectivity index (χ0) is 43.7. The number of esters is 1. The van der Waals surface area contributed by atoms with Gasteiger partial charge in [0.05, 0.1) is 59.5 Å². The smallest absolute Gasteiger partial charge is 0.316 e. The molecule has 18 heteroatoms. The third-order valence-electron chi connectivity index (χ3n) is 12.4. The molecule has 0 aromatic heterocycles. The number of likely N-dealkylation sites (N-methyl/N-ethyl adjacent to an activating group) is 1. The first-order valence-electron chi connectivity index (χ1n) is 19.9. The molecule has 0 bridgehead atoms. The van der Waals surface area contributed by atoms with Gasteiger partial charge in [-0.3, -0.25) is 19.2 Å². The van der Waals surface area contributed by atoms with Crippen LogP contribution in [0.1, 0.15) is 108 Å². The van der Waals surface area contributed by atoms with Crippen LogP contribution >= 0.6 is 0 Å². The number of hydrogen-bond acceptors (Lipinski definition) is 18. The van der Waals surface area contributed by atoms with Gasteiger partial charge in [-0.15, -0.1) is 0 Å². The third-order valence-corrected chi connectivity index (χ3v) is 12.4. The molecule has 2 aliphatic carbocycles. The van der Waals surface area contributed by atoms with Crippen molar-refractivity contribution in [2.24, 2.45) is 5.73 Å². The largest absolute Gasteiger partial charge is 0.507 e. The number of fused-ring (bicyclic) bond motifs is 3. The van der Waals surface area contributed by atoms with Gasteiger partial charge in [-0.1, -0.05) is 19.1 Å². The van der Waals surface area contributed by atoms with E-state index in [1.165, 1.54) is 24.3 Å². The number of phenolic OH excluding ortho intramolecular Hbond substituents is 3. The molecule has 3 aliphatic heterocycles. The highest BCUT2D eigenvalue weighted by Gasteiger charge is 2.55. The van der Waals surface area contributed by atoms with E-state index >= 15 is 0 Å². The van der Waals surface area contributed by atoms with E-state index in [-0.39, 0.29) is 59.4 Å². The maximum atomic E-state index is 14.0. The van der Waals surface area contributed by atoms with Crippen molar-refractivity contribution in [3.05, 3.63) is 63.4 Å². The predicted octanol–water partition coefficient (Wildman–Crippen LogP) is 1.93. The molecule has 60 heavy (non-hydrogen) atoms. The van der Waals surface area contributed by atoms with Crippen LogP contribution in [0.15, 0.2) is 30.0 Å². The number of ketones is 3. The minimum atomic E-state index is -1.94. The standard InChI is InChI=1S/C42H52N2O16/c1-8-42(53)15-25(29-30(33(42)40(52)54-7)37(51)31-32(36(29)50)35(49)28-19(34(31)48)10-9-11-22(28)45)58-26-13-21(44(5)6)38(17(3)55-26)59-27-14-24(47)39(18(4)56-27)60-41-20(43)12-23(46)16(2)57-41/h9-12,16-18,21,24-27,33,38-39,41,45,47,50-51,53H,8,13-15,43H2,1-7H3/t16-,17-,18-,21-,24-,25-,26-,27-,33-,38+,39+,41+,42+/m0/s1. The number of nitrogens with zero attached hydrogens (tertiary/aromatic N) is 1. The molecule has 18 nitrogen and oxygen atoms in total. The molecule has 7 rings (SSSR count). The highest BCUT2D eigenvalue weighted by atomic mass is 16.7. The Morgan fingerprint density at radius 1 is 0.883 bits per heavy atom. The molecular formula is C42H52N2O16. The van der Waals surface area contributed by atoms with E-state index in [0.717, 1.165) is 7.11 Å². The number of aromatic hydroxyl groups is 3. The normalized spacial score (nSPS) is 35.4. The summed E-state index contributed by atoms with van der Waals surface area (Å²) in [6, 6.07) is 3.45. The molecule has 0 radical (unpaired) electrons. The fraction of sp³-hybridized carbons (Fsp3) is 0.571. The van der Waals surface area contributed by atoms with Crippen LogP contribution < -0.4 is 5.73 Å². The number of benzene rings is 2. The SMILES string of the molecule is CC[C@@]1(O)C[C@H](O[C@H]2C[C@H](N(C)C)[C@H](O[C@H]3C[C@H](O)[C@H](O[C@H]4O[C@@H](C)C(=O)C=C4N)[C@H](C)O3)[C@H](C)O2)c2c(O)c3c(c(O)c2[C@H]1C(=O)OC)C(=O)c1cccc(O)c1C3=O. The van der Waals surface area contributed by atoms with E-state index in [1.54, 1.807) is 27.7 Å². The molecule has 13 atom stereocenters. The Morgan fingerprint density at radius 2 is 1.52 bits per heavy atom. The molecule has 326 valence electrons. The Labute approximate surface area is 345 Å². The molecule has 0 amide bonds. The second-order valence-electron chi connectivity index (χ2n) is 16.3. The van der Waals surface area contributed by atoms with Crippen LogP contribution in [0.3, 0.4) is 0 Å². The van der Waals surface area contributed by atoms with Crippen LogP contribution in [0.2, 0.25) is 0 Å². The summed E-state index contributed by atoms with van der Waals surface area (Å²) < 4.78 is 42.2. The second-order valence-corrected chi connectivity index (χ2v) is 16.3. The van der Waals surface area contributed by atoms with E-state index in [9.17, 15) is 44.7 Å². The Morgan fingerprint density at radius 3 is 2.15 bits per heavy atom. The number of aliphatic hydroxyl groups excluding tert-OH is 1. The Balaban J connectivity index is 1.16. The molecule has 0 unspecified atom stereocenters. The number of methoxy groups -OCH3 is 1. The minimum Gasteiger partial charge on any atom is -0.507 e. The molecule has 2 aromatic carbocycles. The number of hydrogen-bond donors (Lipinski definition) is 6. The van der Waals surface area contributed by atoms with Gasteiger partial charge in [0.25, 0.3) is 0 Å². The van der Waals surface area contributed by atoms with Crippen LogP contribution in [0.25, 0.3) is 0 Å². The minimum absolute atomic E-state index is 0.00944. The van der Waals surface area contributed by atoms with Gasteiger partial charge < -0.3 is 69.3 Å². The van der Waals surface area contributed by atoms with Crippen molar-refractivity contribution in [1.82, 2.24) is 4.90 Å². The van der Waals surface area contributed by atoms with E-state index in [2.05, 4.69) is 0 Å². The summed E-state index contributed by atoms with van der Waals surface area (Å²) >= 11 is 0. The first-order valence-corrected chi connectivity index (χ1v) is 19.9. The first kappa shape index (κ1) is 43.6. The average Bonchev–Trinajstić information content (AvgIpc) is 3.18. The van der Waals surface area contributed by atoms with Crippen molar-refractivity contribution in [3.63, 3.8) is 0 Å². The topological polar surface area (TPSA) is 263 Å². The quantitative estimate of drug-likeness (QED) is 0.133. The lowest BCUT2D eigenvalue weighted by molar-refractivity contribution is -0.321. The maximum absolute atomic E-state index is 14.0. The Kier molecular flexibility index (Phi) is 11.9. The molecule has 5 aliphatic rings. The number of rotatable bonds is 9. The van der Waals surface area contributed by atoms with Crippen molar-refractivity contribution in [3.8, 4) is 17.2 Å². The summed E-state index contributed by atoms with van der Waals surface area (Å²) in [6.07, 6.45) is -8.04. The lowest BCUT2D eigenvalue weighted by atomic mass is 9.66. The van der Waals surface area contributed by atoms with Crippen LogP contribution in [0.4, 0.5) is 0 Å². The fourth-order valence-corrected chi connectivity index (χ4v) is 9.19. The van der Waals surface area contributed by atoms with Gasteiger partial charge in [-0.2, -0.15) is 0 Å². The van der Waals surface area contributed by atoms with Gasteiger partial charge in [0.1, 0.15) is 41.5 Å². The molecule has 3 heterocycles. The van der Waals surface area contributed by atoms with Crippen molar-refractivity contribution >= 4 is 23.3 Å². The zero-order valence-corrected chi connectivity index (χ0v) is 34.3. The molecule has 2 fully saturated rings. The lowest BCUT2D eigenvalue weighted by Gasteiger charge is -2.48. The van der Waals surface area contributed by atoms with Crippen LogP contribution in [0.5, 0.6) is 17.2 Å². The predicted molar refractivity (Wildman–Crippen MR) is 206 cm³/mol. The number of carbonyl (C=O) groups is 4. The molecule has 2 aromatic rings. The van der Waals surface area contributed by atoms with Gasteiger partial charge in [0.2, 0.25) is 5.78 Å². The van der Waals surface area contributed by atoms with Gasteiger partial charge in [-0.05, 0) is 47.4 Å². The van der Waals surface area contributed by atoms with E-state index in [1.807, 2.05) is 19.0 Å².